The number of nitrogens with zero attached hydrogens (tertiary/aromatic N) is 2. The van der Waals surface area contributed by atoms with E-state index in [1.807, 2.05) is 24.3 Å². The zero-order chi connectivity index (χ0) is 15.2. The number of H-pyrrole nitrogens is 1. The summed E-state index contributed by atoms with van der Waals surface area (Å²) in [6.45, 7) is 4.82. The number of hydrogen-bond acceptors (Lipinski definition) is 4. The summed E-state index contributed by atoms with van der Waals surface area (Å²) >= 11 is 4.72. The van der Waals surface area contributed by atoms with E-state index in [2.05, 4.69) is 50.3 Å². The lowest BCUT2D eigenvalue weighted by molar-refractivity contribution is -0.118. The molecule has 2 rings (SSSR count). The lowest BCUT2D eigenvalue weighted by atomic mass is 10.2. The smallest absolute Gasteiger partial charge is 0.230 e. The number of hydrogen-bond donors (Lipinski definition) is 2. The highest BCUT2D eigenvalue weighted by molar-refractivity contribution is 9.10. The molecule has 7 heteroatoms. The summed E-state index contributed by atoms with van der Waals surface area (Å²) in [5.41, 5.74) is 0.960. The Morgan fingerprint density at radius 3 is 2.76 bits per heavy atom. The first kappa shape index (κ1) is 16.0. The van der Waals surface area contributed by atoms with Crippen LogP contribution in [0.1, 0.15) is 13.8 Å². The van der Waals surface area contributed by atoms with E-state index in [0.717, 1.165) is 10.0 Å². The fraction of sp³-hybridized carbons (Fsp3) is 0.357. The van der Waals surface area contributed by atoms with Crippen LogP contribution in [0.5, 0.6) is 0 Å². The van der Waals surface area contributed by atoms with Crippen LogP contribution in [0.15, 0.2) is 33.9 Å². The maximum atomic E-state index is 11.6. The molecule has 0 saturated heterocycles. The molecule has 1 heterocycles. The van der Waals surface area contributed by atoms with Crippen molar-refractivity contribution in [2.24, 2.45) is 5.92 Å². The van der Waals surface area contributed by atoms with Gasteiger partial charge in [0.15, 0.2) is 5.82 Å². The highest BCUT2D eigenvalue weighted by Gasteiger charge is 2.09. The van der Waals surface area contributed by atoms with Crippen molar-refractivity contribution in [1.29, 1.82) is 0 Å². The van der Waals surface area contributed by atoms with Gasteiger partial charge in [0.1, 0.15) is 0 Å². The number of aromatic nitrogens is 3. The molecule has 1 amide bonds. The van der Waals surface area contributed by atoms with Crippen LogP contribution in [0.4, 0.5) is 0 Å². The van der Waals surface area contributed by atoms with Crippen LogP contribution in [0.3, 0.4) is 0 Å². The zero-order valence-corrected chi connectivity index (χ0v) is 14.3. The molecule has 0 bridgehead atoms. The van der Waals surface area contributed by atoms with Gasteiger partial charge in [-0.25, -0.2) is 4.98 Å². The predicted molar refractivity (Wildman–Crippen MR) is 88.1 cm³/mol. The van der Waals surface area contributed by atoms with Crippen molar-refractivity contribution < 1.29 is 4.79 Å². The molecule has 5 nitrogen and oxygen atoms in total. The molecule has 112 valence electrons. The molecular weight excluding hydrogens is 352 g/mol. The first-order chi connectivity index (χ1) is 10.0. The minimum atomic E-state index is 0.00342. The maximum absolute atomic E-state index is 11.6. The van der Waals surface area contributed by atoms with E-state index in [9.17, 15) is 4.79 Å². The van der Waals surface area contributed by atoms with Gasteiger partial charge in [-0.15, -0.1) is 5.10 Å². The Labute approximate surface area is 136 Å². The molecule has 0 aliphatic heterocycles. The second kappa shape index (κ2) is 7.61. The fourth-order valence-electron chi connectivity index (χ4n) is 1.55. The topological polar surface area (TPSA) is 70.7 Å². The number of thioether (sulfide) groups is 1. The number of carbonyl (C=O) groups excluding carboxylic acids is 1. The molecule has 0 aliphatic carbocycles. The number of amides is 1. The van der Waals surface area contributed by atoms with E-state index < -0.39 is 0 Å². The van der Waals surface area contributed by atoms with Gasteiger partial charge < -0.3 is 5.32 Å². The normalized spacial score (nSPS) is 10.9. The van der Waals surface area contributed by atoms with Crippen LogP contribution in [0.25, 0.3) is 11.4 Å². The summed E-state index contributed by atoms with van der Waals surface area (Å²) in [7, 11) is 0. The average molecular weight is 369 g/mol. The van der Waals surface area contributed by atoms with Crippen molar-refractivity contribution in [3.63, 3.8) is 0 Å². The van der Waals surface area contributed by atoms with E-state index in [-0.39, 0.29) is 5.91 Å². The van der Waals surface area contributed by atoms with Crippen molar-refractivity contribution in [1.82, 2.24) is 20.5 Å². The number of rotatable bonds is 6. The first-order valence-electron chi connectivity index (χ1n) is 6.62. The molecule has 0 aliphatic rings. The van der Waals surface area contributed by atoms with E-state index in [1.54, 1.807) is 0 Å². The summed E-state index contributed by atoms with van der Waals surface area (Å²) in [6.07, 6.45) is 0. The Morgan fingerprint density at radius 2 is 2.10 bits per heavy atom. The highest BCUT2D eigenvalue weighted by Crippen LogP contribution is 2.20. The minimum Gasteiger partial charge on any atom is -0.355 e. The SMILES string of the molecule is CC(C)CNC(=O)CSc1n[nH]c(-c2ccc(Br)cc2)n1. The predicted octanol–water partition coefficient (Wildman–Crippen LogP) is 3.10. The molecule has 0 saturated carbocycles. The molecule has 0 unspecified atom stereocenters. The zero-order valence-electron chi connectivity index (χ0n) is 11.9. The van der Waals surface area contributed by atoms with Crippen LogP contribution < -0.4 is 5.32 Å². The Bertz CT molecular complexity index is 597. The van der Waals surface area contributed by atoms with Gasteiger partial charge in [0.05, 0.1) is 5.75 Å². The largest absolute Gasteiger partial charge is 0.355 e. The Balaban J connectivity index is 1.88. The summed E-state index contributed by atoms with van der Waals surface area (Å²) in [6, 6.07) is 7.80. The van der Waals surface area contributed by atoms with Crippen molar-refractivity contribution in [2.45, 2.75) is 19.0 Å². The molecule has 0 fully saturated rings. The molecule has 0 spiro atoms. The third-order valence-corrected chi connectivity index (χ3v) is 4.00. The second-order valence-electron chi connectivity index (χ2n) is 4.96. The molecule has 2 aromatic rings. The molecule has 21 heavy (non-hydrogen) atoms. The van der Waals surface area contributed by atoms with Crippen molar-refractivity contribution in [3.05, 3.63) is 28.7 Å². The van der Waals surface area contributed by atoms with Crippen molar-refractivity contribution in [3.8, 4) is 11.4 Å². The van der Waals surface area contributed by atoms with Crippen LogP contribution in [0.2, 0.25) is 0 Å². The molecule has 0 atom stereocenters. The van der Waals surface area contributed by atoms with Gasteiger partial charge in [0, 0.05) is 16.6 Å². The fourth-order valence-corrected chi connectivity index (χ4v) is 2.44. The Morgan fingerprint density at radius 1 is 1.38 bits per heavy atom. The maximum Gasteiger partial charge on any atom is 0.230 e. The Kier molecular flexibility index (Phi) is 5.81. The minimum absolute atomic E-state index is 0.00342. The number of carbonyl (C=O) groups is 1. The monoisotopic (exact) mass is 368 g/mol. The van der Waals surface area contributed by atoms with Gasteiger partial charge in [-0.2, -0.15) is 0 Å². The summed E-state index contributed by atoms with van der Waals surface area (Å²) in [4.78, 5) is 16.0. The second-order valence-corrected chi connectivity index (χ2v) is 6.82. The number of benzene rings is 1. The first-order valence-corrected chi connectivity index (χ1v) is 8.40. The lowest BCUT2D eigenvalue weighted by Crippen LogP contribution is -2.28. The van der Waals surface area contributed by atoms with Crippen LogP contribution >= 0.6 is 27.7 Å². The van der Waals surface area contributed by atoms with Gasteiger partial charge in [0.25, 0.3) is 0 Å². The van der Waals surface area contributed by atoms with Crippen LogP contribution in [-0.2, 0) is 4.79 Å². The summed E-state index contributed by atoms with van der Waals surface area (Å²) in [5, 5.41) is 10.4. The lowest BCUT2D eigenvalue weighted by Gasteiger charge is -2.05. The van der Waals surface area contributed by atoms with Crippen molar-refractivity contribution in [2.75, 3.05) is 12.3 Å². The number of aromatic amines is 1. The average Bonchev–Trinajstić information content (AvgIpc) is 2.92. The van der Waals surface area contributed by atoms with E-state index >= 15 is 0 Å². The summed E-state index contributed by atoms with van der Waals surface area (Å²) < 4.78 is 1.02. The quantitative estimate of drug-likeness (QED) is 0.768. The molecular formula is C14H17BrN4OS. The third-order valence-electron chi connectivity index (χ3n) is 2.62. The van der Waals surface area contributed by atoms with Gasteiger partial charge in [0.2, 0.25) is 11.1 Å². The highest BCUT2D eigenvalue weighted by atomic mass is 79.9. The third kappa shape index (κ3) is 5.17. The molecule has 0 radical (unpaired) electrons. The van der Waals surface area contributed by atoms with Crippen LogP contribution in [-0.4, -0.2) is 33.4 Å². The van der Waals surface area contributed by atoms with Gasteiger partial charge in [-0.05, 0) is 18.1 Å². The van der Waals surface area contributed by atoms with Gasteiger partial charge >= 0.3 is 0 Å². The number of halogens is 1. The van der Waals surface area contributed by atoms with E-state index in [4.69, 9.17) is 0 Å². The van der Waals surface area contributed by atoms with E-state index in [0.29, 0.717) is 29.2 Å². The molecule has 2 N–H and O–H groups in total. The Hall–Kier alpha value is -1.34. The standard InChI is InChI=1S/C14H17BrN4OS/c1-9(2)7-16-12(20)8-21-14-17-13(18-19-14)10-3-5-11(15)6-4-10/h3-6,9H,7-8H2,1-2H3,(H,16,20)(H,17,18,19). The summed E-state index contributed by atoms with van der Waals surface area (Å²) in [5.74, 6) is 1.48. The van der Waals surface area contributed by atoms with E-state index in [1.165, 1.54) is 11.8 Å². The van der Waals surface area contributed by atoms with Gasteiger partial charge in [-0.3, -0.25) is 9.89 Å². The van der Waals surface area contributed by atoms with Gasteiger partial charge in [-0.1, -0.05) is 53.7 Å². The van der Waals surface area contributed by atoms with Crippen LogP contribution in [0, 0.1) is 5.92 Å². The van der Waals surface area contributed by atoms with Crippen molar-refractivity contribution >= 4 is 33.6 Å². The molecule has 1 aromatic carbocycles. The number of nitrogens with one attached hydrogen (secondary N) is 2. The molecule has 1 aromatic heterocycles.